The smallest absolute Gasteiger partial charge is 0.0826 e. The van der Waals surface area contributed by atoms with E-state index in [0.717, 1.165) is 46.4 Å². The van der Waals surface area contributed by atoms with Crippen LogP contribution in [0.2, 0.25) is 5.02 Å². The summed E-state index contributed by atoms with van der Waals surface area (Å²) >= 11 is 6.25. The summed E-state index contributed by atoms with van der Waals surface area (Å²) in [6.07, 6.45) is 2.68. The van der Waals surface area contributed by atoms with Crippen molar-refractivity contribution in [2.45, 2.75) is 20.3 Å². The van der Waals surface area contributed by atoms with Crippen LogP contribution in [0.5, 0.6) is 0 Å². The molecule has 2 aromatic carbocycles. The van der Waals surface area contributed by atoms with Crippen LogP contribution in [-0.4, -0.2) is 19.3 Å². The number of hydrazone groups is 1. The first-order valence-electron chi connectivity index (χ1n) is 8.94. The normalized spacial score (nSPS) is 16.0. The molecule has 1 heterocycles. The fourth-order valence-corrected chi connectivity index (χ4v) is 3.22. The summed E-state index contributed by atoms with van der Waals surface area (Å²) in [4.78, 5) is 0. The largest absolute Gasteiger partial charge is 0.384 e. The van der Waals surface area contributed by atoms with Gasteiger partial charge in [-0.05, 0) is 36.8 Å². The first-order valence-corrected chi connectivity index (χ1v) is 9.32. The molecule has 0 fully saturated rings. The Kier molecular flexibility index (Phi) is 5.84. The van der Waals surface area contributed by atoms with Crippen LogP contribution in [0.3, 0.4) is 0 Å². The number of hydrogen-bond acceptors (Lipinski definition) is 4. The Balaban J connectivity index is 1.74. The predicted molar refractivity (Wildman–Crippen MR) is 114 cm³/mol. The van der Waals surface area contributed by atoms with Gasteiger partial charge in [0, 0.05) is 48.0 Å². The highest BCUT2D eigenvalue weighted by molar-refractivity contribution is 6.31. The fourth-order valence-electron chi connectivity index (χ4n) is 3.01. The SMILES string of the molecule is C=C(Cc1ccccc1Cl)Nc1ccc(N2CC(C)C=N2)c(NCC)c1. The van der Waals surface area contributed by atoms with Crippen molar-refractivity contribution in [2.24, 2.45) is 11.0 Å². The topological polar surface area (TPSA) is 39.7 Å². The maximum absolute atomic E-state index is 6.25. The van der Waals surface area contributed by atoms with Crippen LogP contribution < -0.4 is 15.6 Å². The van der Waals surface area contributed by atoms with Crippen molar-refractivity contribution in [1.29, 1.82) is 0 Å². The van der Waals surface area contributed by atoms with Crippen LogP contribution in [0.4, 0.5) is 17.1 Å². The van der Waals surface area contributed by atoms with Gasteiger partial charge in [-0.25, -0.2) is 0 Å². The minimum atomic E-state index is 0.470. The Morgan fingerprint density at radius 3 is 2.81 bits per heavy atom. The van der Waals surface area contributed by atoms with Gasteiger partial charge in [0.05, 0.1) is 11.4 Å². The molecular formula is C21H25ClN4. The second-order valence-electron chi connectivity index (χ2n) is 6.58. The van der Waals surface area contributed by atoms with Crippen molar-refractivity contribution in [3.8, 4) is 0 Å². The van der Waals surface area contributed by atoms with Gasteiger partial charge in [0.25, 0.3) is 0 Å². The van der Waals surface area contributed by atoms with E-state index in [1.807, 2.05) is 35.5 Å². The highest BCUT2D eigenvalue weighted by Gasteiger charge is 2.18. The molecule has 0 saturated heterocycles. The molecule has 5 heteroatoms. The van der Waals surface area contributed by atoms with E-state index in [-0.39, 0.29) is 0 Å². The molecule has 1 atom stereocenters. The molecule has 0 amide bonds. The Labute approximate surface area is 160 Å². The molecule has 2 aromatic rings. The average Bonchev–Trinajstić information content (AvgIpc) is 3.04. The monoisotopic (exact) mass is 368 g/mol. The molecule has 1 aliphatic rings. The summed E-state index contributed by atoms with van der Waals surface area (Å²) in [6, 6.07) is 14.1. The van der Waals surface area contributed by atoms with Crippen molar-refractivity contribution in [3.63, 3.8) is 0 Å². The molecule has 1 aliphatic heterocycles. The number of hydrogen-bond donors (Lipinski definition) is 2. The molecule has 2 N–H and O–H groups in total. The van der Waals surface area contributed by atoms with Crippen molar-refractivity contribution in [2.75, 3.05) is 28.7 Å². The average molecular weight is 369 g/mol. The van der Waals surface area contributed by atoms with E-state index in [1.54, 1.807) is 0 Å². The van der Waals surface area contributed by atoms with Crippen LogP contribution in [-0.2, 0) is 6.42 Å². The Morgan fingerprint density at radius 2 is 2.12 bits per heavy atom. The zero-order chi connectivity index (χ0) is 18.5. The first-order chi connectivity index (χ1) is 12.6. The van der Waals surface area contributed by atoms with Gasteiger partial charge < -0.3 is 10.6 Å². The number of halogens is 1. The zero-order valence-electron chi connectivity index (χ0n) is 15.3. The molecule has 4 nitrogen and oxygen atoms in total. The van der Waals surface area contributed by atoms with E-state index in [1.165, 1.54) is 0 Å². The number of nitrogens with one attached hydrogen (secondary N) is 2. The lowest BCUT2D eigenvalue weighted by atomic mass is 10.1. The van der Waals surface area contributed by atoms with Gasteiger partial charge in [-0.15, -0.1) is 0 Å². The number of anilines is 3. The molecule has 0 aliphatic carbocycles. The standard InChI is InChI=1S/C21H25ClN4/c1-4-23-20-12-18(9-10-21(20)26-14-15(2)13-24-26)25-16(3)11-17-7-5-6-8-19(17)22/h5-10,12-13,15,23,25H,3-4,11,14H2,1-2H3. The Morgan fingerprint density at radius 1 is 1.31 bits per heavy atom. The summed E-state index contributed by atoms with van der Waals surface area (Å²) in [6.45, 7) is 10.2. The van der Waals surface area contributed by atoms with Gasteiger partial charge in [0.15, 0.2) is 0 Å². The quantitative estimate of drug-likeness (QED) is 0.689. The molecule has 26 heavy (non-hydrogen) atoms. The summed E-state index contributed by atoms with van der Waals surface area (Å²) in [7, 11) is 0. The van der Waals surface area contributed by atoms with Crippen LogP contribution in [0.1, 0.15) is 19.4 Å². The molecule has 0 bridgehead atoms. The summed E-state index contributed by atoms with van der Waals surface area (Å²) in [5.41, 5.74) is 5.12. The lowest BCUT2D eigenvalue weighted by molar-refractivity contribution is 0.781. The third kappa shape index (κ3) is 4.38. The lowest BCUT2D eigenvalue weighted by Gasteiger charge is -2.21. The number of allylic oxidation sites excluding steroid dienone is 1. The van der Waals surface area contributed by atoms with E-state index >= 15 is 0 Å². The lowest BCUT2D eigenvalue weighted by Crippen LogP contribution is -2.17. The van der Waals surface area contributed by atoms with Gasteiger partial charge >= 0.3 is 0 Å². The van der Waals surface area contributed by atoms with Crippen LogP contribution in [0.15, 0.2) is 59.8 Å². The van der Waals surface area contributed by atoms with Gasteiger partial charge in [-0.3, -0.25) is 5.01 Å². The Bertz CT molecular complexity index is 815. The highest BCUT2D eigenvalue weighted by atomic mass is 35.5. The van der Waals surface area contributed by atoms with E-state index in [9.17, 15) is 0 Å². The minimum absolute atomic E-state index is 0.470. The third-order valence-electron chi connectivity index (χ3n) is 4.25. The van der Waals surface area contributed by atoms with Crippen LogP contribution >= 0.6 is 11.6 Å². The van der Waals surface area contributed by atoms with Gasteiger partial charge in [0.1, 0.15) is 0 Å². The maximum atomic E-state index is 6.25. The molecule has 1 unspecified atom stereocenters. The number of rotatable bonds is 7. The Hall–Kier alpha value is -2.46. The van der Waals surface area contributed by atoms with Gasteiger partial charge in [-0.1, -0.05) is 43.3 Å². The van der Waals surface area contributed by atoms with Crippen LogP contribution in [0, 0.1) is 5.92 Å². The minimum Gasteiger partial charge on any atom is -0.384 e. The van der Waals surface area contributed by atoms with E-state index in [2.05, 4.69) is 54.4 Å². The molecule has 0 aromatic heterocycles. The van der Waals surface area contributed by atoms with Crippen LogP contribution in [0.25, 0.3) is 0 Å². The van der Waals surface area contributed by atoms with Crippen molar-refractivity contribution >= 4 is 34.9 Å². The fraction of sp³-hybridized carbons (Fsp3) is 0.286. The summed E-state index contributed by atoms with van der Waals surface area (Å²) in [5.74, 6) is 0.470. The number of benzene rings is 2. The first kappa shape index (κ1) is 18.3. The second-order valence-corrected chi connectivity index (χ2v) is 6.99. The van der Waals surface area contributed by atoms with Crippen molar-refractivity contribution in [1.82, 2.24) is 0 Å². The molecule has 0 saturated carbocycles. The molecular weight excluding hydrogens is 344 g/mol. The molecule has 3 rings (SSSR count). The third-order valence-corrected chi connectivity index (χ3v) is 4.61. The zero-order valence-corrected chi connectivity index (χ0v) is 16.1. The van der Waals surface area contributed by atoms with Crippen molar-refractivity contribution in [3.05, 3.63) is 65.3 Å². The summed E-state index contributed by atoms with van der Waals surface area (Å²) < 4.78 is 0. The molecule has 136 valence electrons. The maximum Gasteiger partial charge on any atom is 0.0826 e. The summed E-state index contributed by atoms with van der Waals surface area (Å²) in [5, 5.41) is 14.1. The molecule has 0 radical (unpaired) electrons. The van der Waals surface area contributed by atoms with Crippen molar-refractivity contribution < 1.29 is 0 Å². The highest BCUT2D eigenvalue weighted by Crippen LogP contribution is 2.32. The van der Waals surface area contributed by atoms with E-state index < -0.39 is 0 Å². The van der Waals surface area contributed by atoms with E-state index in [4.69, 9.17) is 11.6 Å². The predicted octanol–water partition coefficient (Wildman–Crippen LogP) is 5.38. The van der Waals surface area contributed by atoms with Gasteiger partial charge in [-0.2, -0.15) is 5.10 Å². The number of nitrogens with zero attached hydrogens (tertiary/aromatic N) is 2. The second kappa shape index (κ2) is 8.28. The molecule has 0 spiro atoms. The van der Waals surface area contributed by atoms with Gasteiger partial charge in [0.2, 0.25) is 0 Å². The van der Waals surface area contributed by atoms with E-state index in [0.29, 0.717) is 12.3 Å².